The molecule has 1 nitrogen and oxygen atoms in total. The smallest absolute Gasteiger partial charge is 0.136 e. The first kappa shape index (κ1) is 33.5. The zero-order valence-electron chi connectivity index (χ0n) is 32.4. The van der Waals surface area contributed by atoms with Crippen molar-refractivity contribution in [3.8, 4) is 44.5 Å². The van der Waals surface area contributed by atoms with E-state index < -0.39 is 0 Å². The van der Waals surface area contributed by atoms with E-state index in [9.17, 15) is 0 Å². The van der Waals surface area contributed by atoms with Crippen molar-refractivity contribution in [1.29, 1.82) is 0 Å². The first-order valence-corrected chi connectivity index (χ1v) is 21.4. The molecule has 0 aliphatic rings. The van der Waals surface area contributed by atoms with Crippen LogP contribution in [0.15, 0.2) is 211 Å². The van der Waals surface area contributed by atoms with E-state index in [0.717, 1.165) is 21.9 Å². The van der Waals surface area contributed by atoms with E-state index in [1.165, 1.54) is 108 Å². The molecule has 2 heterocycles. The largest absolute Gasteiger partial charge is 0.456 e. The van der Waals surface area contributed by atoms with Crippen molar-refractivity contribution in [2.45, 2.75) is 0 Å². The highest BCUT2D eigenvalue weighted by molar-refractivity contribution is 7.25. The van der Waals surface area contributed by atoms with Crippen LogP contribution in [0.25, 0.3) is 130 Å². The maximum atomic E-state index is 6.39. The molecular weight excluding hydrogens is 745 g/mol. The highest BCUT2D eigenvalue weighted by Gasteiger charge is 2.22. The van der Waals surface area contributed by atoms with Gasteiger partial charge in [-0.25, -0.2) is 0 Å². The van der Waals surface area contributed by atoms with Gasteiger partial charge in [-0.1, -0.05) is 176 Å². The average Bonchev–Trinajstić information content (AvgIpc) is 3.88. The number of rotatable bonds is 4. The fourth-order valence-electron chi connectivity index (χ4n) is 10.2. The molecule has 0 saturated carbocycles. The molecule has 13 rings (SSSR count). The first-order chi connectivity index (χ1) is 29.8. The van der Waals surface area contributed by atoms with Gasteiger partial charge in [0.15, 0.2) is 0 Å². The zero-order valence-corrected chi connectivity index (χ0v) is 33.3. The summed E-state index contributed by atoms with van der Waals surface area (Å²) >= 11 is 1.89. The Bertz CT molecular complexity index is 3770. The number of para-hydroxylation sites is 1. The quantitative estimate of drug-likeness (QED) is 0.162. The minimum absolute atomic E-state index is 0.912. The van der Waals surface area contributed by atoms with E-state index in [1.807, 2.05) is 17.4 Å². The predicted octanol–water partition coefficient (Wildman–Crippen LogP) is 17.2. The Hall–Kier alpha value is -7.52. The van der Waals surface area contributed by atoms with Crippen LogP contribution in [0.3, 0.4) is 0 Å². The molecule has 0 spiro atoms. The average molecular weight is 779 g/mol. The van der Waals surface area contributed by atoms with Crippen molar-refractivity contribution in [1.82, 2.24) is 0 Å². The van der Waals surface area contributed by atoms with E-state index in [1.54, 1.807) is 0 Å². The molecule has 0 saturated heterocycles. The van der Waals surface area contributed by atoms with E-state index in [2.05, 4.69) is 200 Å². The van der Waals surface area contributed by atoms with Crippen molar-refractivity contribution < 1.29 is 4.42 Å². The van der Waals surface area contributed by atoms with Gasteiger partial charge in [-0.05, 0) is 118 Å². The molecule has 278 valence electrons. The second-order valence-electron chi connectivity index (χ2n) is 15.8. The zero-order chi connectivity index (χ0) is 39.3. The van der Waals surface area contributed by atoms with Gasteiger partial charge in [0.2, 0.25) is 0 Å². The van der Waals surface area contributed by atoms with Gasteiger partial charge in [-0.15, -0.1) is 11.3 Å². The Labute approximate surface area is 350 Å². The Morgan fingerprint density at radius 1 is 0.267 bits per heavy atom. The van der Waals surface area contributed by atoms with Crippen LogP contribution in [0, 0.1) is 0 Å². The van der Waals surface area contributed by atoms with Crippen LogP contribution in [-0.2, 0) is 0 Å². The number of hydrogen-bond donors (Lipinski definition) is 0. The summed E-state index contributed by atoms with van der Waals surface area (Å²) < 4.78 is 8.98. The Kier molecular flexibility index (Phi) is 7.24. The molecule has 11 aromatic carbocycles. The summed E-state index contributed by atoms with van der Waals surface area (Å²) in [5, 5.41) is 15.0. The second-order valence-corrected chi connectivity index (χ2v) is 16.9. The molecule has 0 aliphatic heterocycles. The molecule has 13 aromatic rings. The van der Waals surface area contributed by atoms with Crippen LogP contribution in [0.4, 0.5) is 0 Å². The molecule has 0 fully saturated rings. The van der Waals surface area contributed by atoms with Gasteiger partial charge in [0, 0.05) is 30.9 Å². The number of furan rings is 1. The Morgan fingerprint density at radius 3 is 1.33 bits per heavy atom. The molecule has 0 amide bonds. The van der Waals surface area contributed by atoms with Gasteiger partial charge >= 0.3 is 0 Å². The fourth-order valence-corrected chi connectivity index (χ4v) is 11.3. The number of thiophene rings is 1. The van der Waals surface area contributed by atoms with Gasteiger partial charge in [-0.2, -0.15) is 0 Å². The van der Waals surface area contributed by atoms with E-state index in [4.69, 9.17) is 4.42 Å². The SMILES string of the molecule is c1ccc(-c2c3ccccc3c(-c3ccc4sc5cc(-c6c7ccccc7c(-c7cccc8oc9ccccc9c78)c7ccccc67)ccc5c4c3)c3ccccc23)cc1. The molecule has 0 aliphatic carbocycles. The third kappa shape index (κ3) is 4.86. The lowest BCUT2D eigenvalue weighted by atomic mass is 9.84. The van der Waals surface area contributed by atoms with Crippen LogP contribution in [0.5, 0.6) is 0 Å². The topological polar surface area (TPSA) is 13.1 Å². The summed E-state index contributed by atoms with van der Waals surface area (Å²) in [6.45, 7) is 0. The van der Waals surface area contributed by atoms with Crippen LogP contribution in [0.1, 0.15) is 0 Å². The summed E-state index contributed by atoms with van der Waals surface area (Å²) in [5.74, 6) is 0. The fraction of sp³-hybridized carbons (Fsp3) is 0. The molecule has 0 atom stereocenters. The lowest BCUT2D eigenvalue weighted by molar-refractivity contribution is 0.669. The Balaban J connectivity index is 1.02. The van der Waals surface area contributed by atoms with Crippen molar-refractivity contribution >= 4 is 96.5 Å². The summed E-state index contributed by atoms with van der Waals surface area (Å²) in [6, 6.07) is 75.7. The third-order valence-electron chi connectivity index (χ3n) is 12.6. The van der Waals surface area contributed by atoms with Crippen LogP contribution >= 0.6 is 11.3 Å². The van der Waals surface area contributed by atoms with Gasteiger partial charge in [0.1, 0.15) is 11.2 Å². The molecule has 0 bridgehead atoms. The summed E-state index contributed by atoms with van der Waals surface area (Å²) in [4.78, 5) is 0. The van der Waals surface area contributed by atoms with Crippen molar-refractivity contribution in [2.75, 3.05) is 0 Å². The maximum absolute atomic E-state index is 6.39. The number of benzene rings is 11. The third-order valence-corrected chi connectivity index (χ3v) is 13.8. The minimum Gasteiger partial charge on any atom is -0.456 e. The second kappa shape index (κ2) is 13.0. The van der Waals surface area contributed by atoms with Crippen molar-refractivity contribution in [2.24, 2.45) is 0 Å². The highest BCUT2D eigenvalue weighted by Crippen LogP contribution is 2.49. The van der Waals surface area contributed by atoms with Gasteiger partial charge < -0.3 is 4.42 Å². The molecular formula is C58H34OS. The van der Waals surface area contributed by atoms with Gasteiger partial charge in [0.25, 0.3) is 0 Å². The lowest BCUT2D eigenvalue weighted by Gasteiger charge is -2.18. The molecule has 0 unspecified atom stereocenters. The summed E-state index contributed by atoms with van der Waals surface area (Å²) in [6.07, 6.45) is 0. The summed E-state index contributed by atoms with van der Waals surface area (Å²) in [7, 11) is 0. The molecule has 0 N–H and O–H groups in total. The molecule has 0 radical (unpaired) electrons. The van der Waals surface area contributed by atoms with E-state index >= 15 is 0 Å². The van der Waals surface area contributed by atoms with Crippen molar-refractivity contribution in [3.05, 3.63) is 206 Å². The van der Waals surface area contributed by atoms with E-state index in [-0.39, 0.29) is 0 Å². The Morgan fingerprint density at radius 2 is 0.733 bits per heavy atom. The summed E-state index contributed by atoms with van der Waals surface area (Å²) in [5.41, 5.74) is 11.8. The van der Waals surface area contributed by atoms with Gasteiger partial charge in [-0.3, -0.25) is 0 Å². The monoisotopic (exact) mass is 778 g/mol. The van der Waals surface area contributed by atoms with Crippen LogP contribution < -0.4 is 0 Å². The normalized spacial score (nSPS) is 12.0. The maximum Gasteiger partial charge on any atom is 0.136 e. The minimum atomic E-state index is 0.912. The number of hydrogen-bond acceptors (Lipinski definition) is 2. The first-order valence-electron chi connectivity index (χ1n) is 20.6. The highest BCUT2D eigenvalue weighted by atomic mass is 32.1. The lowest BCUT2D eigenvalue weighted by Crippen LogP contribution is -1.91. The van der Waals surface area contributed by atoms with Crippen molar-refractivity contribution in [3.63, 3.8) is 0 Å². The van der Waals surface area contributed by atoms with Gasteiger partial charge in [0.05, 0.1) is 0 Å². The van der Waals surface area contributed by atoms with Crippen LogP contribution in [0.2, 0.25) is 0 Å². The van der Waals surface area contributed by atoms with Crippen LogP contribution in [-0.4, -0.2) is 0 Å². The molecule has 2 aromatic heterocycles. The molecule has 2 heteroatoms. The van der Waals surface area contributed by atoms with E-state index in [0.29, 0.717) is 0 Å². The predicted molar refractivity (Wildman–Crippen MR) is 258 cm³/mol. The standard InChI is InChI=1S/C58H34OS/c1-2-15-35(16-3-1)54-39-17-4-6-19-41(39)55(42-20-7-5-18-40(42)54)36-30-32-52-49(33-36)38-31-29-37(34-53(38)60-52)56-43-21-8-10-23-45(43)57(46-24-11-9-22-44(46)56)48-26-14-28-51-58(48)47-25-12-13-27-50(47)59-51/h1-34H. The number of fused-ring (bicyclic) bond motifs is 10. The molecule has 60 heavy (non-hydrogen) atoms.